The zero-order chi connectivity index (χ0) is 22.2. The molecule has 2 unspecified atom stereocenters. The van der Waals surface area contributed by atoms with Gasteiger partial charge in [0.2, 0.25) is 0 Å². The number of aryl methyl sites for hydroxylation is 1. The minimum atomic E-state index is -4.76. The second-order valence-electron chi connectivity index (χ2n) is 7.09. The number of rotatable bonds is 3. The van der Waals surface area contributed by atoms with E-state index in [4.69, 9.17) is 5.73 Å². The monoisotopic (exact) mass is 421 g/mol. The van der Waals surface area contributed by atoms with Gasteiger partial charge in [-0.05, 0) is 37.6 Å². The van der Waals surface area contributed by atoms with Crippen LogP contribution in [-0.4, -0.2) is 36.6 Å². The highest BCUT2D eigenvalue weighted by Gasteiger charge is 2.43. The summed E-state index contributed by atoms with van der Waals surface area (Å²) in [5, 5.41) is 9.44. The van der Waals surface area contributed by atoms with Gasteiger partial charge in [0, 0.05) is 31.0 Å². The average molecular weight is 421 g/mol. The smallest absolute Gasteiger partial charge is 0.342 e. The summed E-state index contributed by atoms with van der Waals surface area (Å²) in [6.45, 7) is 1.53. The summed E-state index contributed by atoms with van der Waals surface area (Å²) in [5.74, 6) is -1.31. The van der Waals surface area contributed by atoms with Crippen molar-refractivity contribution < 1.29 is 22.4 Å². The van der Waals surface area contributed by atoms with Crippen LogP contribution >= 0.6 is 0 Å². The van der Waals surface area contributed by atoms with E-state index >= 15 is 0 Å². The van der Waals surface area contributed by atoms with Crippen molar-refractivity contribution >= 4 is 17.4 Å². The van der Waals surface area contributed by atoms with Crippen molar-refractivity contribution in [1.82, 2.24) is 4.98 Å². The molecule has 1 amide bonds. The summed E-state index contributed by atoms with van der Waals surface area (Å²) < 4.78 is 54.0. The fourth-order valence-electron chi connectivity index (χ4n) is 3.58. The minimum absolute atomic E-state index is 0.0569. The molecule has 0 saturated carbocycles. The molecule has 2 N–H and O–H groups in total. The third-order valence-electron chi connectivity index (χ3n) is 5.04. The van der Waals surface area contributed by atoms with E-state index in [1.165, 1.54) is 42.0 Å². The third kappa shape index (κ3) is 3.93. The number of alkyl halides is 3. The first-order valence-corrected chi connectivity index (χ1v) is 9.09. The molecular formula is C20H19F4N5O. The van der Waals surface area contributed by atoms with Gasteiger partial charge in [0.1, 0.15) is 29.3 Å². The molecule has 0 bridgehead atoms. The zero-order valence-corrected chi connectivity index (χ0v) is 16.2. The van der Waals surface area contributed by atoms with Gasteiger partial charge in [0.05, 0.1) is 5.56 Å². The number of aromatic nitrogens is 1. The SMILES string of the molecule is Cc1cc(C(F)(F)F)c(C#N)c(N2CCC(N)C2C(=O)N(C)c2cccc(F)c2)n1. The van der Waals surface area contributed by atoms with Crippen LogP contribution < -0.4 is 15.5 Å². The van der Waals surface area contributed by atoms with E-state index in [1.54, 1.807) is 6.07 Å². The number of pyridine rings is 1. The summed E-state index contributed by atoms with van der Waals surface area (Å²) in [7, 11) is 1.43. The molecule has 158 valence electrons. The first-order valence-electron chi connectivity index (χ1n) is 9.09. The van der Waals surface area contributed by atoms with E-state index in [-0.39, 0.29) is 23.7 Å². The molecule has 1 fully saturated rings. The summed E-state index contributed by atoms with van der Waals surface area (Å²) in [4.78, 5) is 19.8. The molecular weight excluding hydrogens is 402 g/mol. The maximum absolute atomic E-state index is 13.6. The molecule has 1 aliphatic heterocycles. The number of nitrogens with two attached hydrogens (primary N) is 1. The number of benzene rings is 1. The fourth-order valence-corrected chi connectivity index (χ4v) is 3.58. The zero-order valence-electron chi connectivity index (χ0n) is 16.2. The molecule has 1 aromatic heterocycles. The highest BCUT2D eigenvalue weighted by atomic mass is 19.4. The Bertz CT molecular complexity index is 1020. The molecule has 6 nitrogen and oxygen atoms in total. The highest BCUT2D eigenvalue weighted by molar-refractivity contribution is 5.99. The van der Waals surface area contributed by atoms with Crippen molar-refractivity contribution in [3.05, 3.63) is 53.0 Å². The van der Waals surface area contributed by atoms with E-state index in [9.17, 15) is 27.6 Å². The van der Waals surface area contributed by atoms with Gasteiger partial charge >= 0.3 is 6.18 Å². The lowest BCUT2D eigenvalue weighted by molar-refractivity contribution is -0.137. The number of nitriles is 1. The second-order valence-corrected chi connectivity index (χ2v) is 7.09. The van der Waals surface area contributed by atoms with E-state index in [2.05, 4.69) is 4.98 Å². The first kappa shape index (κ1) is 21.5. The number of amides is 1. The molecule has 1 saturated heterocycles. The highest BCUT2D eigenvalue weighted by Crippen LogP contribution is 2.37. The number of hydrogen-bond acceptors (Lipinski definition) is 5. The molecule has 0 spiro atoms. The van der Waals surface area contributed by atoms with Crippen LogP contribution in [0.1, 0.15) is 23.2 Å². The Balaban J connectivity index is 2.05. The largest absolute Gasteiger partial charge is 0.417 e. The Hall–Kier alpha value is -3.19. The molecule has 3 rings (SSSR count). The minimum Gasteiger partial charge on any atom is -0.342 e. The first-order chi connectivity index (χ1) is 14.0. The Morgan fingerprint density at radius 3 is 2.67 bits per heavy atom. The van der Waals surface area contributed by atoms with Crippen LogP contribution in [0.3, 0.4) is 0 Å². The summed E-state index contributed by atoms with van der Waals surface area (Å²) in [6.07, 6.45) is -4.44. The van der Waals surface area contributed by atoms with Gasteiger partial charge in [-0.3, -0.25) is 4.79 Å². The van der Waals surface area contributed by atoms with Crippen LogP contribution in [-0.2, 0) is 11.0 Å². The second kappa shape index (κ2) is 7.91. The van der Waals surface area contributed by atoms with Crippen LogP contribution in [0.15, 0.2) is 30.3 Å². The molecule has 1 aromatic carbocycles. The number of carbonyl (C=O) groups excluding carboxylic acids is 1. The third-order valence-corrected chi connectivity index (χ3v) is 5.04. The summed E-state index contributed by atoms with van der Waals surface area (Å²) in [6, 6.07) is 5.98. The van der Waals surface area contributed by atoms with Crippen molar-refractivity contribution in [2.45, 2.75) is 31.6 Å². The van der Waals surface area contributed by atoms with E-state index in [0.717, 1.165) is 12.1 Å². The van der Waals surface area contributed by atoms with Crippen LogP contribution in [0, 0.1) is 24.1 Å². The van der Waals surface area contributed by atoms with Crippen molar-refractivity contribution in [2.75, 3.05) is 23.4 Å². The van der Waals surface area contributed by atoms with Gasteiger partial charge < -0.3 is 15.5 Å². The standard InChI is InChI=1S/C20H19F4N5O/c1-11-8-15(20(22,23)24)14(10-25)18(27-11)29-7-6-16(26)17(29)19(30)28(2)13-5-3-4-12(21)9-13/h3-5,8-9,16-17H,6-7,26H2,1-2H3. The van der Waals surface area contributed by atoms with E-state index in [1.807, 2.05) is 0 Å². The van der Waals surface area contributed by atoms with Crippen molar-refractivity contribution in [3.63, 3.8) is 0 Å². The van der Waals surface area contributed by atoms with Gasteiger partial charge in [-0.15, -0.1) is 0 Å². The number of halogens is 4. The Labute approximate surface area is 170 Å². The summed E-state index contributed by atoms with van der Waals surface area (Å²) in [5.41, 5.74) is 4.67. The fraction of sp³-hybridized carbons (Fsp3) is 0.350. The molecule has 0 aliphatic carbocycles. The van der Waals surface area contributed by atoms with Crippen molar-refractivity contribution in [2.24, 2.45) is 5.73 Å². The predicted octanol–water partition coefficient (Wildman–Crippen LogP) is 2.99. The van der Waals surface area contributed by atoms with Crippen LogP contribution in [0.5, 0.6) is 0 Å². The van der Waals surface area contributed by atoms with Gasteiger partial charge in [-0.1, -0.05) is 6.07 Å². The number of anilines is 2. The molecule has 2 atom stereocenters. The number of hydrogen-bond donors (Lipinski definition) is 1. The maximum atomic E-state index is 13.6. The van der Waals surface area contributed by atoms with Crippen LogP contribution in [0.2, 0.25) is 0 Å². The number of carbonyl (C=O) groups is 1. The summed E-state index contributed by atoms with van der Waals surface area (Å²) >= 11 is 0. The lowest BCUT2D eigenvalue weighted by atomic mass is 10.1. The van der Waals surface area contributed by atoms with Crippen LogP contribution in [0.4, 0.5) is 29.1 Å². The van der Waals surface area contributed by atoms with Crippen molar-refractivity contribution in [1.29, 1.82) is 5.26 Å². The molecule has 2 heterocycles. The Morgan fingerprint density at radius 2 is 2.07 bits per heavy atom. The predicted molar refractivity (Wildman–Crippen MR) is 102 cm³/mol. The van der Waals surface area contributed by atoms with Gasteiger partial charge in [0.15, 0.2) is 0 Å². The van der Waals surface area contributed by atoms with Crippen LogP contribution in [0.25, 0.3) is 0 Å². The van der Waals surface area contributed by atoms with E-state index in [0.29, 0.717) is 6.42 Å². The molecule has 30 heavy (non-hydrogen) atoms. The molecule has 10 heteroatoms. The lowest BCUT2D eigenvalue weighted by Crippen LogP contribution is -2.52. The quantitative estimate of drug-likeness (QED) is 0.770. The Kier molecular flexibility index (Phi) is 5.67. The van der Waals surface area contributed by atoms with Gasteiger partial charge in [-0.2, -0.15) is 18.4 Å². The number of nitrogens with zero attached hydrogens (tertiary/aromatic N) is 4. The van der Waals surface area contributed by atoms with Crippen molar-refractivity contribution in [3.8, 4) is 6.07 Å². The topological polar surface area (TPSA) is 86.2 Å². The molecule has 0 radical (unpaired) electrons. The maximum Gasteiger partial charge on any atom is 0.417 e. The average Bonchev–Trinajstić information content (AvgIpc) is 3.06. The normalized spacial score (nSPS) is 18.9. The molecule has 1 aliphatic rings. The Morgan fingerprint density at radius 1 is 1.37 bits per heavy atom. The van der Waals surface area contributed by atoms with Gasteiger partial charge in [0.25, 0.3) is 5.91 Å². The molecule has 2 aromatic rings. The number of likely N-dealkylation sites (N-methyl/N-ethyl adjacent to an activating group) is 1. The lowest BCUT2D eigenvalue weighted by Gasteiger charge is -2.31. The van der Waals surface area contributed by atoms with E-state index < -0.39 is 41.1 Å². The van der Waals surface area contributed by atoms with Gasteiger partial charge in [-0.25, -0.2) is 9.37 Å².